The molecule has 0 saturated carbocycles. The second-order valence-corrected chi connectivity index (χ2v) is 15.7. The van der Waals surface area contributed by atoms with Gasteiger partial charge < -0.3 is 29.0 Å². The molecule has 3 aliphatic heterocycles. The summed E-state index contributed by atoms with van der Waals surface area (Å²) in [6, 6.07) is 21.9. The fourth-order valence-electron chi connectivity index (χ4n) is 8.37. The number of amides is 1. The number of aromatic nitrogens is 2. The monoisotopic (exact) mass is 748 g/mol. The number of hydrogen-bond donors (Lipinski definition) is 2. The van der Waals surface area contributed by atoms with Gasteiger partial charge >= 0.3 is 0 Å². The summed E-state index contributed by atoms with van der Waals surface area (Å²) in [6.07, 6.45) is -2.26. The standard InChI is InChI=1S/C34H29IN4O6S/c1-34-31(44-3)23(37(2)46(42,43)18-14-12-17(35)13-15-18)16-24(45-34)38-21-10-6-4-8-19(21)25-27-28(33(41)36-32(27)40)26-20-9-5-7-11-22(20)39(34)30(26)29(25)38/h4-15,23-24,31,33,41H,16H2,1-3H3,(H,36,40)/t23-,24-,31-,33+,34+/m1/s1. The molecular weight excluding hydrogens is 719 g/mol. The summed E-state index contributed by atoms with van der Waals surface area (Å²) in [4.78, 5) is 13.8. The van der Waals surface area contributed by atoms with E-state index in [1.807, 2.05) is 55.5 Å². The van der Waals surface area contributed by atoms with Gasteiger partial charge in [0.05, 0.1) is 38.6 Å². The van der Waals surface area contributed by atoms with Crippen molar-refractivity contribution < 1.29 is 27.8 Å². The third-order valence-corrected chi connectivity index (χ3v) is 12.8. The van der Waals surface area contributed by atoms with E-state index < -0.39 is 40.3 Å². The van der Waals surface area contributed by atoms with Crippen molar-refractivity contribution in [1.29, 1.82) is 0 Å². The Morgan fingerprint density at radius 2 is 1.65 bits per heavy atom. The van der Waals surface area contributed by atoms with Crippen LogP contribution in [0.1, 0.15) is 41.7 Å². The van der Waals surface area contributed by atoms with E-state index in [-0.39, 0.29) is 17.2 Å². The van der Waals surface area contributed by atoms with E-state index in [1.165, 1.54) is 4.31 Å². The van der Waals surface area contributed by atoms with Crippen LogP contribution in [0.2, 0.25) is 0 Å². The molecule has 9 rings (SSSR count). The number of rotatable bonds is 4. The van der Waals surface area contributed by atoms with E-state index in [9.17, 15) is 18.3 Å². The van der Waals surface area contributed by atoms with Gasteiger partial charge in [0.2, 0.25) is 10.0 Å². The molecule has 0 unspecified atom stereocenters. The number of benzene rings is 4. The molecule has 0 spiro atoms. The Kier molecular flexibility index (Phi) is 5.93. The lowest BCUT2D eigenvalue weighted by Gasteiger charge is -2.50. The second kappa shape index (κ2) is 9.52. The molecular formula is C34H29IN4O6S. The summed E-state index contributed by atoms with van der Waals surface area (Å²) in [5, 5.41) is 17.3. The number of sulfonamides is 1. The molecule has 0 aliphatic carbocycles. The number of fused-ring (bicyclic) bond motifs is 13. The van der Waals surface area contributed by atoms with Crippen LogP contribution in [-0.4, -0.2) is 59.2 Å². The van der Waals surface area contributed by atoms with E-state index in [4.69, 9.17) is 9.47 Å². The van der Waals surface area contributed by atoms with Crippen LogP contribution >= 0.6 is 22.6 Å². The molecule has 5 atom stereocenters. The third-order valence-electron chi connectivity index (χ3n) is 10.2. The van der Waals surface area contributed by atoms with E-state index in [2.05, 4.69) is 37.0 Å². The fourth-order valence-corrected chi connectivity index (χ4v) is 10.1. The highest BCUT2D eigenvalue weighted by molar-refractivity contribution is 14.1. The number of para-hydroxylation sites is 2. The van der Waals surface area contributed by atoms with Crippen LogP contribution in [0.3, 0.4) is 0 Å². The normalized spacial score (nSPS) is 25.7. The second-order valence-electron chi connectivity index (χ2n) is 12.4. The molecule has 2 aromatic heterocycles. The summed E-state index contributed by atoms with van der Waals surface area (Å²) < 4.78 is 48.4. The molecule has 12 heteroatoms. The Balaban J connectivity index is 1.42. The maximum absolute atomic E-state index is 14.2. The van der Waals surface area contributed by atoms with E-state index >= 15 is 0 Å². The largest absolute Gasteiger partial charge is 0.375 e. The lowest BCUT2D eigenvalue weighted by atomic mass is 9.93. The maximum atomic E-state index is 14.2. The Labute approximate surface area is 277 Å². The van der Waals surface area contributed by atoms with Gasteiger partial charge in [-0.3, -0.25) is 4.79 Å². The average Bonchev–Trinajstić information content (AvgIpc) is 3.65. The molecule has 10 nitrogen and oxygen atoms in total. The number of nitrogens with one attached hydrogen (secondary N) is 1. The van der Waals surface area contributed by atoms with Crippen molar-refractivity contribution in [3.05, 3.63) is 87.5 Å². The average molecular weight is 749 g/mol. The van der Waals surface area contributed by atoms with Gasteiger partial charge in [-0.25, -0.2) is 8.42 Å². The summed E-state index contributed by atoms with van der Waals surface area (Å²) in [5.74, 6) is -0.334. The number of ether oxygens (including phenoxy) is 2. The number of likely N-dealkylation sites (N-methyl/N-ethyl adjacent to an activating group) is 1. The lowest BCUT2D eigenvalue weighted by molar-refractivity contribution is -0.262. The van der Waals surface area contributed by atoms with E-state index in [0.717, 1.165) is 47.2 Å². The first kappa shape index (κ1) is 28.7. The summed E-state index contributed by atoms with van der Waals surface area (Å²) >= 11 is 2.16. The molecule has 46 heavy (non-hydrogen) atoms. The number of nitrogens with zero attached hydrogens (tertiary/aromatic N) is 3. The maximum Gasteiger partial charge on any atom is 0.254 e. The minimum Gasteiger partial charge on any atom is -0.375 e. The van der Waals surface area contributed by atoms with Crippen LogP contribution in [-0.2, 0) is 25.2 Å². The number of carbonyl (C=O) groups is 1. The number of methoxy groups -OCH3 is 1. The zero-order valence-corrected chi connectivity index (χ0v) is 28.0. The molecule has 4 aromatic carbocycles. The molecule has 6 aromatic rings. The van der Waals surface area contributed by atoms with Gasteiger partial charge in [0.15, 0.2) is 12.0 Å². The first-order chi connectivity index (χ1) is 22.1. The minimum absolute atomic E-state index is 0.201. The summed E-state index contributed by atoms with van der Waals surface area (Å²) in [5.41, 5.74) is 3.07. The van der Waals surface area contributed by atoms with Crippen LogP contribution in [0.4, 0.5) is 0 Å². The Hall–Kier alpha value is -3.53. The SMILES string of the molecule is CO[C@@H]1[C@H](N(C)S(=O)(=O)c2ccc(I)cc2)C[C@H]2O[C@]1(C)n1c3ccccc3c3c4c(c5c6ccccc6n2c5c31)C(=O)N[C@H]4O. The van der Waals surface area contributed by atoms with Crippen molar-refractivity contribution in [3.63, 3.8) is 0 Å². The van der Waals surface area contributed by atoms with Crippen molar-refractivity contribution in [2.45, 2.75) is 48.6 Å². The molecule has 1 amide bonds. The van der Waals surface area contributed by atoms with Gasteiger partial charge in [0, 0.05) is 51.3 Å². The summed E-state index contributed by atoms with van der Waals surface area (Å²) in [7, 11) is -0.730. The minimum atomic E-state index is -3.93. The van der Waals surface area contributed by atoms with Crippen molar-refractivity contribution in [3.8, 4) is 0 Å². The molecule has 1 fully saturated rings. The zero-order valence-electron chi connectivity index (χ0n) is 25.1. The smallest absolute Gasteiger partial charge is 0.254 e. The van der Waals surface area contributed by atoms with Gasteiger partial charge in [-0.2, -0.15) is 4.31 Å². The van der Waals surface area contributed by atoms with Crippen molar-refractivity contribution in [2.24, 2.45) is 0 Å². The molecule has 234 valence electrons. The molecule has 2 N–H and O–H groups in total. The zero-order chi connectivity index (χ0) is 31.9. The van der Waals surface area contributed by atoms with Crippen molar-refractivity contribution >= 4 is 82.1 Å². The third kappa shape index (κ3) is 3.44. The van der Waals surface area contributed by atoms with Gasteiger partial charge in [0.25, 0.3) is 5.91 Å². The van der Waals surface area contributed by atoms with Crippen LogP contribution in [0.5, 0.6) is 0 Å². The first-order valence-corrected chi connectivity index (χ1v) is 17.5. The summed E-state index contributed by atoms with van der Waals surface area (Å²) in [6.45, 7) is 1.95. The quantitative estimate of drug-likeness (QED) is 0.229. The van der Waals surface area contributed by atoms with Gasteiger partial charge in [-0.1, -0.05) is 36.4 Å². The highest BCUT2D eigenvalue weighted by Crippen LogP contribution is 2.55. The Morgan fingerprint density at radius 3 is 2.35 bits per heavy atom. The molecule has 3 aliphatic rings. The topological polar surface area (TPSA) is 115 Å². The molecule has 2 bridgehead atoms. The van der Waals surface area contributed by atoms with Crippen molar-refractivity contribution in [2.75, 3.05) is 14.2 Å². The Bertz CT molecular complexity index is 2420. The van der Waals surface area contributed by atoms with Crippen LogP contribution in [0.25, 0.3) is 43.6 Å². The first-order valence-electron chi connectivity index (χ1n) is 15.0. The van der Waals surface area contributed by atoms with Crippen LogP contribution < -0.4 is 5.32 Å². The predicted molar refractivity (Wildman–Crippen MR) is 182 cm³/mol. The predicted octanol–water partition coefficient (Wildman–Crippen LogP) is 5.55. The van der Waals surface area contributed by atoms with Gasteiger partial charge in [-0.15, -0.1) is 0 Å². The highest BCUT2D eigenvalue weighted by atomic mass is 127. The number of carbonyl (C=O) groups excluding carboxylic acids is 1. The number of halogens is 1. The number of aliphatic hydroxyl groups is 1. The number of aliphatic hydroxyl groups excluding tert-OH is 1. The number of hydrogen-bond acceptors (Lipinski definition) is 6. The molecule has 0 radical (unpaired) electrons. The molecule has 1 saturated heterocycles. The van der Waals surface area contributed by atoms with Gasteiger partial charge in [-0.05, 0) is 65.9 Å². The Morgan fingerprint density at radius 1 is 1.00 bits per heavy atom. The van der Waals surface area contributed by atoms with Gasteiger partial charge in [0.1, 0.15) is 12.3 Å². The fraction of sp³-hybridized carbons (Fsp3) is 0.265. The van der Waals surface area contributed by atoms with E-state index in [1.54, 1.807) is 38.4 Å². The van der Waals surface area contributed by atoms with E-state index in [0.29, 0.717) is 11.1 Å². The van der Waals surface area contributed by atoms with Crippen molar-refractivity contribution in [1.82, 2.24) is 18.8 Å². The van der Waals surface area contributed by atoms with Crippen LogP contribution in [0.15, 0.2) is 77.7 Å². The lowest BCUT2D eigenvalue weighted by Crippen LogP contribution is -2.61. The molecule has 5 heterocycles. The van der Waals surface area contributed by atoms with Crippen LogP contribution in [0, 0.1) is 3.57 Å². The highest BCUT2D eigenvalue weighted by Gasteiger charge is 2.56.